The molecule has 0 aromatic rings. The van der Waals surface area contributed by atoms with Crippen LogP contribution in [-0.4, -0.2) is 87.5 Å². The third-order valence-corrected chi connectivity index (χ3v) is 7.29. The predicted octanol–water partition coefficient (Wildman–Crippen LogP) is 3.82. The van der Waals surface area contributed by atoms with E-state index < -0.39 is 49.5 Å². The zero-order valence-electron chi connectivity index (χ0n) is 25.3. The lowest BCUT2D eigenvalue weighted by atomic mass is 9.99. The van der Waals surface area contributed by atoms with Crippen LogP contribution < -0.4 is 5.32 Å². The second-order valence-electron chi connectivity index (χ2n) is 10.9. The molecule has 41 heavy (non-hydrogen) atoms. The van der Waals surface area contributed by atoms with Gasteiger partial charge in [-0.15, -0.1) is 0 Å². The van der Waals surface area contributed by atoms with Crippen molar-refractivity contribution in [2.75, 3.05) is 13.2 Å². The van der Waals surface area contributed by atoms with E-state index >= 15 is 0 Å². The number of amides is 1. The van der Waals surface area contributed by atoms with Crippen LogP contribution in [0.15, 0.2) is 36.5 Å². The highest BCUT2D eigenvalue weighted by Gasteiger charge is 2.44. The van der Waals surface area contributed by atoms with Crippen LogP contribution in [0.4, 0.5) is 0 Å². The third kappa shape index (κ3) is 16.6. The Bertz CT molecular complexity index is 741. The van der Waals surface area contributed by atoms with Crippen molar-refractivity contribution in [3.8, 4) is 0 Å². The molecule has 1 heterocycles. The van der Waals surface area contributed by atoms with Crippen molar-refractivity contribution in [1.82, 2.24) is 5.32 Å². The van der Waals surface area contributed by atoms with Crippen LogP contribution in [0, 0.1) is 0 Å². The largest absolute Gasteiger partial charge is 0.394 e. The van der Waals surface area contributed by atoms with E-state index in [1.54, 1.807) is 6.08 Å². The molecule has 9 nitrogen and oxygen atoms in total. The number of nitrogens with one attached hydrogen (secondary N) is 1. The minimum absolute atomic E-state index is 0.202. The smallest absolute Gasteiger partial charge is 0.220 e. The standard InChI is InChI=1S/C32H57NO8/c1-3-5-7-9-11-13-15-17-19-21-26(35)25(24-40-32-31(39)30(38)29(37)27(23-34)41-32)33-28(36)22-20-18-16-14-12-10-8-6-4-2/h3,5,11,13,19,21,25-27,29-32,34-35,37-39H,4,6-10,12,14-18,20,22-24H2,1-2H3,(H,33,36)/b5-3+,13-11+,21-19+. The van der Waals surface area contributed by atoms with Gasteiger partial charge in [0.2, 0.25) is 5.91 Å². The van der Waals surface area contributed by atoms with Gasteiger partial charge in [-0.25, -0.2) is 0 Å². The van der Waals surface area contributed by atoms with Gasteiger partial charge in [0.05, 0.1) is 25.4 Å². The van der Waals surface area contributed by atoms with Gasteiger partial charge in [0, 0.05) is 6.42 Å². The molecule has 7 unspecified atom stereocenters. The van der Waals surface area contributed by atoms with Gasteiger partial charge >= 0.3 is 0 Å². The number of unbranched alkanes of at least 4 members (excludes halogenated alkanes) is 10. The Morgan fingerprint density at radius 3 is 2.05 bits per heavy atom. The fraction of sp³-hybridized carbons (Fsp3) is 0.781. The number of hydrogen-bond acceptors (Lipinski definition) is 8. The number of rotatable bonds is 23. The molecular formula is C32H57NO8. The normalized spacial score (nSPS) is 24.9. The van der Waals surface area contributed by atoms with E-state index in [0.717, 1.165) is 44.9 Å². The van der Waals surface area contributed by atoms with Crippen molar-refractivity contribution in [3.63, 3.8) is 0 Å². The first kappa shape index (κ1) is 37.4. The highest BCUT2D eigenvalue weighted by atomic mass is 16.7. The average molecular weight is 584 g/mol. The molecule has 1 fully saturated rings. The van der Waals surface area contributed by atoms with Gasteiger partial charge in [0.15, 0.2) is 6.29 Å². The molecular weight excluding hydrogens is 526 g/mol. The fourth-order valence-corrected chi connectivity index (χ4v) is 4.66. The lowest BCUT2D eigenvalue weighted by Gasteiger charge is -2.40. The number of hydrogen-bond donors (Lipinski definition) is 6. The van der Waals surface area contributed by atoms with E-state index in [1.807, 2.05) is 19.1 Å². The van der Waals surface area contributed by atoms with Gasteiger partial charge < -0.3 is 40.3 Å². The molecule has 9 heteroatoms. The zero-order valence-corrected chi connectivity index (χ0v) is 25.3. The van der Waals surface area contributed by atoms with Crippen LogP contribution in [0.5, 0.6) is 0 Å². The fourth-order valence-electron chi connectivity index (χ4n) is 4.66. The second-order valence-corrected chi connectivity index (χ2v) is 10.9. The van der Waals surface area contributed by atoms with Crippen molar-refractivity contribution in [2.24, 2.45) is 0 Å². The molecule has 7 atom stereocenters. The second kappa shape index (κ2) is 23.9. The molecule has 0 saturated carbocycles. The summed E-state index contributed by atoms with van der Waals surface area (Å²) in [6.07, 6.45) is 17.9. The van der Waals surface area contributed by atoms with E-state index in [1.165, 1.54) is 38.5 Å². The van der Waals surface area contributed by atoms with Gasteiger partial charge in [-0.2, -0.15) is 0 Å². The summed E-state index contributed by atoms with van der Waals surface area (Å²) in [5, 5.41) is 53.4. The van der Waals surface area contributed by atoms with Crippen LogP contribution in [0.1, 0.15) is 104 Å². The van der Waals surface area contributed by atoms with E-state index in [0.29, 0.717) is 6.42 Å². The Balaban J connectivity index is 2.60. The molecule has 238 valence electrons. The van der Waals surface area contributed by atoms with Gasteiger partial charge in [0.25, 0.3) is 0 Å². The SMILES string of the molecule is C/C=C/CC/C=C/CC/C=C/C(O)C(COC1OC(CO)C(O)C(O)C1O)NC(=O)CCCCCCCCCCC. The summed E-state index contributed by atoms with van der Waals surface area (Å²) in [4.78, 5) is 12.7. The van der Waals surface area contributed by atoms with Gasteiger partial charge in [-0.05, 0) is 39.0 Å². The monoisotopic (exact) mass is 583 g/mol. The van der Waals surface area contributed by atoms with Gasteiger partial charge in [0.1, 0.15) is 24.4 Å². The molecule has 0 aromatic heterocycles. The topological polar surface area (TPSA) is 149 Å². The maximum absolute atomic E-state index is 12.7. The average Bonchev–Trinajstić information content (AvgIpc) is 2.97. The molecule has 1 aliphatic heterocycles. The third-order valence-electron chi connectivity index (χ3n) is 7.29. The first-order chi connectivity index (χ1) is 19.8. The maximum Gasteiger partial charge on any atom is 0.220 e. The molecule has 1 aliphatic rings. The van der Waals surface area contributed by atoms with E-state index in [9.17, 15) is 30.3 Å². The van der Waals surface area contributed by atoms with Crippen molar-refractivity contribution in [2.45, 2.75) is 147 Å². The highest BCUT2D eigenvalue weighted by molar-refractivity contribution is 5.76. The summed E-state index contributed by atoms with van der Waals surface area (Å²) in [6.45, 7) is 3.43. The van der Waals surface area contributed by atoms with Crippen LogP contribution in [-0.2, 0) is 14.3 Å². The van der Waals surface area contributed by atoms with Crippen molar-refractivity contribution >= 4 is 5.91 Å². The first-order valence-corrected chi connectivity index (χ1v) is 15.7. The molecule has 0 bridgehead atoms. The summed E-state index contributed by atoms with van der Waals surface area (Å²) in [7, 11) is 0. The summed E-state index contributed by atoms with van der Waals surface area (Å²) in [6, 6.07) is -0.818. The Hall–Kier alpha value is -1.59. The maximum atomic E-state index is 12.7. The summed E-state index contributed by atoms with van der Waals surface area (Å²) in [5.74, 6) is -0.202. The van der Waals surface area contributed by atoms with E-state index in [2.05, 4.69) is 30.5 Å². The Labute approximate surface area is 247 Å². The van der Waals surface area contributed by atoms with Crippen molar-refractivity contribution in [3.05, 3.63) is 36.5 Å². The first-order valence-electron chi connectivity index (χ1n) is 15.7. The summed E-state index contributed by atoms with van der Waals surface area (Å²) >= 11 is 0. The molecule has 0 radical (unpaired) electrons. The predicted molar refractivity (Wildman–Crippen MR) is 161 cm³/mol. The number of aliphatic hydroxyl groups excluding tert-OH is 5. The molecule has 1 rings (SSSR count). The molecule has 0 aromatic carbocycles. The molecule has 6 N–H and O–H groups in total. The number of allylic oxidation sites excluding steroid dienone is 5. The van der Waals surface area contributed by atoms with Crippen LogP contribution in [0.25, 0.3) is 0 Å². The van der Waals surface area contributed by atoms with Crippen LogP contribution in [0.3, 0.4) is 0 Å². The minimum Gasteiger partial charge on any atom is -0.394 e. The molecule has 0 aliphatic carbocycles. The number of ether oxygens (including phenoxy) is 2. The lowest BCUT2D eigenvalue weighted by Crippen LogP contribution is -2.60. The Morgan fingerprint density at radius 2 is 1.44 bits per heavy atom. The quantitative estimate of drug-likeness (QED) is 0.0786. The Kier molecular flexibility index (Phi) is 21.8. The number of carbonyl (C=O) groups is 1. The Morgan fingerprint density at radius 1 is 0.854 bits per heavy atom. The van der Waals surface area contributed by atoms with E-state index in [-0.39, 0.29) is 12.5 Å². The molecule has 1 saturated heterocycles. The minimum atomic E-state index is -1.57. The van der Waals surface area contributed by atoms with Crippen molar-refractivity contribution < 1.29 is 39.8 Å². The van der Waals surface area contributed by atoms with Gasteiger partial charge in [-0.1, -0.05) is 94.7 Å². The molecule has 1 amide bonds. The highest BCUT2D eigenvalue weighted by Crippen LogP contribution is 2.22. The zero-order chi connectivity index (χ0) is 30.3. The van der Waals surface area contributed by atoms with Gasteiger partial charge in [-0.3, -0.25) is 4.79 Å². The van der Waals surface area contributed by atoms with E-state index in [4.69, 9.17) is 9.47 Å². The molecule has 0 spiro atoms. The summed E-state index contributed by atoms with van der Waals surface area (Å²) in [5.41, 5.74) is 0. The lowest BCUT2D eigenvalue weighted by molar-refractivity contribution is -0.302. The van der Waals surface area contributed by atoms with Crippen LogP contribution in [0.2, 0.25) is 0 Å². The number of carbonyl (C=O) groups excluding carboxylic acids is 1. The number of aliphatic hydroxyl groups is 5. The van der Waals surface area contributed by atoms with Crippen LogP contribution >= 0.6 is 0 Å². The van der Waals surface area contributed by atoms with Crippen molar-refractivity contribution in [1.29, 1.82) is 0 Å². The summed E-state index contributed by atoms with van der Waals surface area (Å²) < 4.78 is 11.0.